The number of esters is 1. The van der Waals surface area contributed by atoms with E-state index < -0.39 is 0 Å². The fourth-order valence-electron chi connectivity index (χ4n) is 3.50. The highest BCUT2D eigenvalue weighted by atomic mass is 16.5. The maximum absolute atomic E-state index is 12.0. The second-order valence-electron chi connectivity index (χ2n) is 5.45. The van der Waals surface area contributed by atoms with Gasteiger partial charge in [-0.1, -0.05) is 19.8 Å². The van der Waals surface area contributed by atoms with Gasteiger partial charge in [-0.15, -0.1) is 0 Å². The summed E-state index contributed by atoms with van der Waals surface area (Å²) >= 11 is 0. The lowest BCUT2D eigenvalue weighted by Gasteiger charge is -2.25. The average molecular weight is 238 g/mol. The van der Waals surface area contributed by atoms with E-state index in [-0.39, 0.29) is 17.8 Å². The third kappa shape index (κ3) is 2.53. The molecule has 0 aromatic carbocycles. The van der Waals surface area contributed by atoms with E-state index in [4.69, 9.17) is 4.74 Å². The van der Waals surface area contributed by atoms with Crippen LogP contribution in [-0.4, -0.2) is 18.9 Å². The van der Waals surface area contributed by atoms with Crippen LogP contribution in [0.2, 0.25) is 0 Å². The number of hydrogen-bond donors (Lipinski definition) is 0. The number of carbonyl (C=O) groups is 2. The summed E-state index contributed by atoms with van der Waals surface area (Å²) in [6.45, 7) is 2.65. The first-order chi connectivity index (χ1) is 8.27. The van der Waals surface area contributed by atoms with Crippen LogP contribution < -0.4 is 0 Å². The summed E-state index contributed by atoms with van der Waals surface area (Å²) in [6.07, 6.45) is 7.43. The molecule has 3 heteroatoms. The maximum Gasteiger partial charge on any atom is 0.309 e. The Labute approximate surface area is 103 Å². The Bertz CT molecular complexity index is 287. The summed E-state index contributed by atoms with van der Waals surface area (Å²) in [5, 5.41) is 0. The average Bonchev–Trinajstić information content (AvgIpc) is 2.93. The Hall–Kier alpha value is -0.860. The van der Waals surface area contributed by atoms with Crippen molar-refractivity contribution in [3.63, 3.8) is 0 Å². The molecule has 0 spiro atoms. The first-order valence-corrected chi connectivity index (χ1v) is 6.89. The molecule has 0 radical (unpaired) electrons. The normalized spacial score (nSPS) is 34.9. The minimum absolute atomic E-state index is 0.0626. The van der Waals surface area contributed by atoms with Gasteiger partial charge in [0.15, 0.2) is 0 Å². The number of hydrogen-bond acceptors (Lipinski definition) is 3. The van der Waals surface area contributed by atoms with Crippen LogP contribution >= 0.6 is 0 Å². The van der Waals surface area contributed by atoms with Crippen molar-refractivity contribution in [1.29, 1.82) is 0 Å². The highest BCUT2D eigenvalue weighted by molar-refractivity contribution is 5.78. The van der Waals surface area contributed by atoms with Gasteiger partial charge in [-0.05, 0) is 37.5 Å². The zero-order valence-electron chi connectivity index (χ0n) is 10.6. The van der Waals surface area contributed by atoms with Crippen LogP contribution in [0.25, 0.3) is 0 Å². The number of ether oxygens (including phenoxy) is 1. The molecule has 2 saturated carbocycles. The second-order valence-corrected chi connectivity index (χ2v) is 5.45. The van der Waals surface area contributed by atoms with Gasteiger partial charge in [0.1, 0.15) is 6.29 Å². The molecule has 4 atom stereocenters. The summed E-state index contributed by atoms with van der Waals surface area (Å²) < 4.78 is 5.31. The Balaban J connectivity index is 1.84. The fraction of sp³-hybridized carbons (Fsp3) is 0.857. The van der Waals surface area contributed by atoms with Crippen LogP contribution in [0.4, 0.5) is 0 Å². The number of rotatable bonds is 6. The van der Waals surface area contributed by atoms with E-state index in [1.807, 2.05) is 0 Å². The van der Waals surface area contributed by atoms with Gasteiger partial charge in [-0.2, -0.15) is 0 Å². The number of unbranched alkanes of at least 4 members (excludes halogenated alkanes) is 2. The highest BCUT2D eigenvalue weighted by Crippen LogP contribution is 2.51. The van der Waals surface area contributed by atoms with E-state index in [1.54, 1.807) is 0 Å². The Kier molecular flexibility index (Phi) is 4.19. The van der Waals surface area contributed by atoms with Crippen molar-refractivity contribution in [1.82, 2.24) is 0 Å². The zero-order valence-corrected chi connectivity index (χ0v) is 10.6. The lowest BCUT2D eigenvalue weighted by atomic mass is 9.80. The molecule has 2 bridgehead atoms. The lowest BCUT2D eigenvalue weighted by molar-refractivity contribution is -0.153. The highest BCUT2D eigenvalue weighted by Gasteiger charge is 2.51. The van der Waals surface area contributed by atoms with Crippen LogP contribution in [0.5, 0.6) is 0 Å². The van der Waals surface area contributed by atoms with E-state index in [0.717, 1.165) is 44.8 Å². The molecular formula is C14H22O3. The quantitative estimate of drug-likeness (QED) is 0.406. The summed E-state index contributed by atoms with van der Waals surface area (Å²) in [5.74, 6) is 0.547. The molecule has 4 unspecified atom stereocenters. The molecule has 2 aliphatic rings. The van der Waals surface area contributed by atoms with Gasteiger partial charge < -0.3 is 9.53 Å². The predicted octanol–water partition coefficient (Wildman–Crippen LogP) is 2.58. The molecule has 17 heavy (non-hydrogen) atoms. The van der Waals surface area contributed by atoms with Gasteiger partial charge in [-0.25, -0.2) is 0 Å². The van der Waals surface area contributed by atoms with E-state index >= 15 is 0 Å². The first kappa shape index (κ1) is 12.6. The smallest absolute Gasteiger partial charge is 0.309 e. The SMILES string of the molecule is CCCCCOC(=O)C1C2CCC(C2)C1C=O. The van der Waals surface area contributed by atoms with Crippen molar-refractivity contribution in [2.75, 3.05) is 6.61 Å². The van der Waals surface area contributed by atoms with E-state index in [0.29, 0.717) is 18.4 Å². The van der Waals surface area contributed by atoms with Crippen molar-refractivity contribution in [3.05, 3.63) is 0 Å². The maximum atomic E-state index is 12.0. The second kappa shape index (κ2) is 5.65. The van der Waals surface area contributed by atoms with Gasteiger partial charge in [0.25, 0.3) is 0 Å². The molecule has 0 heterocycles. The minimum atomic E-state index is -0.132. The number of carbonyl (C=O) groups excluding carboxylic acids is 2. The summed E-state index contributed by atoms with van der Waals surface area (Å²) in [5.41, 5.74) is 0. The van der Waals surface area contributed by atoms with Gasteiger partial charge >= 0.3 is 5.97 Å². The Morgan fingerprint density at radius 2 is 2.06 bits per heavy atom. The monoisotopic (exact) mass is 238 g/mol. The molecule has 0 aliphatic heterocycles. The van der Waals surface area contributed by atoms with Crippen LogP contribution in [0, 0.1) is 23.7 Å². The molecular weight excluding hydrogens is 216 g/mol. The largest absolute Gasteiger partial charge is 0.465 e. The standard InChI is InChI=1S/C14H22O3/c1-2-3-4-7-17-14(16)13-11-6-5-10(8-11)12(13)9-15/h9-13H,2-8H2,1H3. The number of aldehydes is 1. The molecule has 2 aliphatic carbocycles. The molecule has 96 valence electrons. The van der Waals surface area contributed by atoms with Crippen molar-refractivity contribution in [2.45, 2.75) is 45.4 Å². The van der Waals surface area contributed by atoms with Crippen LogP contribution in [-0.2, 0) is 14.3 Å². The minimum Gasteiger partial charge on any atom is -0.465 e. The zero-order chi connectivity index (χ0) is 12.3. The van der Waals surface area contributed by atoms with Crippen LogP contribution in [0.3, 0.4) is 0 Å². The summed E-state index contributed by atoms with van der Waals surface area (Å²) in [6, 6.07) is 0. The van der Waals surface area contributed by atoms with Gasteiger partial charge in [0.2, 0.25) is 0 Å². The van der Waals surface area contributed by atoms with Crippen molar-refractivity contribution in [2.24, 2.45) is 23.7 Å². The fourth-order valence-corrected chi connectivity index (χ4v) is 3.50. The van der Waals surface area contributed by atoms with Gasteiger partial charge in [0.05, 0.1) is 12.5 Å². The summed E-state index contributed by atoms with van der Waals surface area (Å²) in [7, 11) is 0. The summed E-state index contributed by atoms with van der Waals surface area (Å²) in [4.78, 5) is 23.1. The Morgan fingerprint density at radius 1 is 1.29 bits per heavy atom. The molecule has 0 N–H and O–H groups in total. The molecule has 0 amide bonds. The third-order valence-electron chi connectivity index (χ3n) is 4.40. The molecule has 3 nitrogen and oxygen atoms in total. The predicted molar refractivity (Wildman–Crippen MR) is 64.4 cm³/mol. The first-order valence-electron chi connectivity index (χ1n) is 6.89. The van der Waals surface area contributed by atoms with E-state index in [1.165, 1.54) is 0 Å². The van der Waals surface area contributed by atoms with Crippen molar-refractivity contribution in [3.8, 4) is 0 Å². The van der Waals surface area contributed by atoms with E-state index in [2.05, 4.69) is 6.92 Å². The van der Waals surface area contributed by atoms with Crippen molar-refractivity contribution >= 4 is 12.3 Å². The van der Waals surface area contributed by atoms with Crippen molar-refractivity contribution < 1.29 is 14.3 Å². The Morgan fingerprint density at radius 3 is 2.76 bits per heavy atom. The lowest BCUT2D eigenvalue weighted by Crippen LogP contribution is -2.32. The molecule has 0 aromatic heterocycles. The molecule has 2 rings (SSSR count). The van der Waals surface area contributed by atoms with Gasteiger partial charge in [-0.3, -0.25) is 4.79 Å². The molecule has 0 aromatic rings. The van der Waals surface area contributed by atoms with Crippen LogP contribution in [0.1, 0.15) is 45.4 Å². The molecule has 0 saturated heterocycles. The van der Waals surface area contributed by atoms with Gasteiger partial charge in [0, 0.05) is 5.92 Å². The van der Waals surface area contributed by atoms with E-state index in [9.17, 15) is 9.59 Å². The number of fused-ring (bicyclic) bond motifs is 2. The topological polar surface area (TPSA) is 43.4 Å². The third-order valence-corrected chi connectivity index (χ3v) is 4.40. The van der Waals surface area contributed by atoms with Crippen LogP contribution in [0.15, 0.2) is 0 Å². The molecule has 2 fully saturated rings.